The predicted octanol–water partition coefficient (Wildman–Crippen LogP) is 5.65. The highest BCUT2D eigenvalue weighted by atomic mass is 35.5. The summed E-state index contributed by atoms with van der Waals surface area (Å²) < 4.78 is 12.9. The number of ether oxygens (including phenoxy) is 2. The van der Waals surface area contributed by atoms with Crippen LogP contribution in [0.3, 0.4) is 0 Å². The first-order valence-electron chi connectivity index (χ1n) is 9.73. The van der Waals surface area contributed by atoms with Crippen LogP contribution in [0.1, 0.15) is 36.3 Å². The van der Waals surface area contributed by atoms with Crippen molar-refractivity contribution >= 4 is 29.2 Å². The van der Waals surface area contributed by atoms with E-state index < -0.39 is 5.97 Å². The molecule has 158 valence electrons. The Morgan fingerprint density at radius 3 is 2.50 bits per heavy atom. The lowest BCUT2D eigenvalue weighted by Gasteiger charge is -2.12. The topological polar surface area (TPSA) is 65.4 Å². The normalized spacial score (nSPS) is 10.8. The highest BCUT2D eigenvalue weighted by Crippen LogP contribution is 2.34. The molecule has 0 amide bonds. The number of nitrogens with one attached hydrogen (secondary N) is 1. The molecule has 8 heteroatoms. The van der Waals surface area contributed by atoms with Gasteiger partial charge in [-0.2, -0.15) is 9.78 Å². The van der Waals surface area contributed by atoms with Gasteiger partial charge in [0.15, 0.2) is 5.69 Å². The number of halogens is 2. The van der Waals surface area contributed by atoms with Gasteiger partial charge in [-0.1, -0.05) is 42.3 Å². The molecule has 1 N–H and O–H groups in total. The highest BCUT2D eigenvalue weighted by Gasteiger charge is 2.27. The van der Waals surface area contributed by atoms with Gasteiger partial charge in [0, 0.05) is 11.6 Å². The summed E-state index contributed by atoms with van der Waals surface area (Å²) in [5, 5.41) is 8.90. The average Bonchev–Trinajstić information content (AvgIpc) is 3.08. The van der Waals surface area contributed by atoms with Gasteiger partial charge in [-0.15, -0.1) is 0 Å². The van der Waals surface area contributed by atoms with Crippen LogP contribution in [0.25, 0.3) is 5.69 Å². The van der Waals surface area contributed by atoms with E-state index in [1.54, 1.807) is 37.3 Å². The number of carbonyl (C=O) groups is 1. The van der Waals surface area contributed by atoms with Gasteiger partial charge < -0.3 is 14.8 Å². The van der Waals surface area contributed by atoms with Crippen molar-refractivity contribution in [3.63, 3.8) is 0 Å². The first-order valence-corrected chi connectivity index (χ1v) is 10.5. The monoisotopic (exact) mass is 447 g/mol. The van der Waals surface area contributed by atoms with Crippen LogP contribution in [0.5, 0.6) is 11.6 Å². The fourth-order valence-corrected chi connectivity index (χ4v) is 3.20. The zero-order chi connectivity index (χ0) is 21.5. The molecule has 1 aromatic heterocycles. The molecule has 0 spiro atoms. The van der Waals surface area contributed by atoms with E-state index >= 15 is 0 Å². The summed E-state index contributed by atoms with van der Waals surface area (Å²) in [6.45, 7) is 5.23. The minimum Gasteiger partial charge on any atom is -0.461 e. The van der Waals surface area contributed by atoms with Gasteiger partial charge in [-0.05, 0) is 56.3 Å². The molecule has 0 bridgehead atoms. The first kappa shape index (κ1) is 22.2. The third-order valence-electron chi connectivity index (χ3n) is 4.24. The van der Waals surface area contributed by atoms with E-state index in [1.165, 1.54) is 4.68 Å². The van der Waals surface area contributed by atoms with Gasteiger partial charge in [0.05, 0.1) is 22.9 Å². The van der Waals surface area contributed by atoms with E-state index in [9.17, 15) is 4.79 Å². The van der Waals surface area contributed by atoms with Gasteiger partial charge in [0.25, 0.3) is 0 Å². The number of hydrogen-bond donors (Lipinski definition) is 1. The van der Waals surface area contributed by atoms with Gasteiger partial charge in [0.1, 0.15) is 5.75 Å². The number of aromatic nitrogens is 2. The molecule has 0 aliphatic heterocycles. The molecule has 1 heterocycles. The summed E-state index contributed by atoms with van der Waals surface area (Å²) >= 11 is 12.4. The zero-order valence-corrected chi connectivity index (χ0v) is 18.3. The quantitative estimate of drug-likeness (QED) is 0.339. The molecule has 0 atom stereocenters. The molecular weight excluding hydrogens is 425 g/mol. The highest BCUT2D eigenvalue weighted by molar-refractivity contribution is 6.32. The summed E-state index contributed by atoms with van der Waals surface area (Å²) in [6.07, 6.45) is 0.945. The van der Waals surface area contributed by atoms with Crippen molar-refractivity contribution in [2.75, 3.05) is 13.2 Å². The van der Waals surface area contributed by atoms with Crippen molar-refractivity contribution in [2.45, 2.75) is 26.8 Å². The number of esters is 1. The van der Waals surface area contributed by atoms with Crippen LogP contribution < -0.4 is 10.1 Å². The molecule has 0 saturated heterocycles. The van der Waals surface area contributed by atoms with Crippen molar-refractivity contribution in [3.05, 3.63) is 69.8 Å². The number of nitrogens with zero attached hydrogens (tertiary/aromatic N) is 2. The second-order valence-electron chi connectivity index (χ2n) is 6.45. The van der Waals surface area contributed by atoms with E-state index in [-0.39, 0.29) is 12.3 Å². The predicted molar refractivity (Wildman–Crippen MR) is 118 cm³/mol. The van der Waals surface area contributed by atoms with Crippen molar-refractivity contribution in [3.8, 4) is 17.3 Å². The van der Waals surface area contributed by atoms with Gasteiger partial charge in [-0.25, -0.2) is 4.79 Å². The maximum absolute atomic E-state index is 12.6. The fourth-order valence-electron chi connectivity index (χ4n) is 2.85. The van der Waals surface area contributed by atoms with Gasteiger partial charge in [0.2, 0.25) is 5.88 Å². The molecule has 0 fully saturated rings. The largest absolute Gasteiger partial charge is 0.461 e. The number of hydrogen-bond acceptors (Lipinski definition) is 5. The molecule has 0 radical (unpaired) electrons. The van der Waals surface area contributed by atoms with Crippen LogP contribution in [-0.2, 0) is 11.3 Å². The smallest absolute Gasteiger partial charge is 0.359 e. The number of benzene rings is 2. The standard InChI is InChI=1S/C22H23Cl2N3O3/c1-3-13-25-14-17-20(22(28)29-4-2)26-27(19-8-6-5-7-18(19)24)21(17)30-16-11-9-15(23)10-12-16/h5-12,25H,3-4,13-14H2,1-2H3. The van der Waals surface area contributed by atoms with Gasteiger partial charge in [-0.3, -0.25) is 0 Å². The van der Waals surface area contributed by atoms with Crippen molar-refractivity contribution < 1.29 is 14.3 Å². The Morgan fingerprint density at radius 1 is 1.10 bits per heavy atom. The van der Waals surface area contributed by atoms with Gasteiger partial charge >= 0.3 is 5.97 Å². The molecule has 0 aliphatic carbocycles. The molecule has 0 aliphatic rings. The van der Waals surface area contributed by atoms with Crippen molar-refractivity contribution in [1.82, 2.24) is 15.1 Å². The molecule has 3 aromatic rings. The van der Waals surface area contributed by atoms with E-state index in [2.05, 4.69) is 17.3 Å². The molecule has 6 nitrogen and oxygen atoms in total. The number of para-hydroxylation sites is 1. The zero-order valence-electron chi connectivity index (χ0n) is 16.8. The first-order chi connectivity index (χ1) is 14.5. The minimum absolute atomic E-state index is 0.185. The Hall–Kier alpha value is -2.54. The SMILES string of the molecule is CCCNCc1c(C(=O)OCC)nn(-c2ccccc2Cl)c1Oc1ccc(Cl)cc1. The van der Waals surface area contributed by atoms with Crippen molar-refractivity contribution in [1.29, 1.82) is 0 Å². The average molecular weight is 448 g/mol. The number of rotatable bonds is 9. The lowest BCUT2D eigenvalue weighted by atomic mass is 10.2. The summed E-state index contributed by atoms with van der Waals surface area (Å²) in [5.41, 5.74) is 1.37. The lowest BCUT2D eigenvalue weighted by Crippen LogP contribution is -2.17. The Morgan fingerprint density at radius 2 is 1.83 bits per heavy atom. The molecule has 3 rings (SSSR count). The third-order valence-corrected chi connectivity index (χ3v) is 4.81. The fraction of sp³-hybridized carbons (Fsp3) is 0.273. The van der Waals surface area contributed by atoms with Crippen LogP contribution in [0.4, 0.5) is 0 Å². The van der Waals surface area contributed by atoms with E-state index in [4.69, 9.17) is 32.7 Å². The second kappa shape index (κ2) is 10.5. The van der Waals surface area contributed by atoms with Crippen molar-refractivity contribution in [2.24, 2.45) is 0 Å². The third kappa shape index (κ3) is 5.14. The Bertz CT molecular complexity index is 1000. The summed E-state index contributed by atoms with van der Waals surface area (Å²) in [4.78, 5) is 12.6. The molecule has 30 heavy (non-hydrogen) atoms. The van der Waals surface area contributed by atoms with E-state index in [1.807, 2.05) is 18.2 Å². The van der Waals surface area contributed by atoms with Crippen LogP contribution >= 0.6 is 23.2 Å². The molecular formula is C22H23Cl2N3O3. The maximum Gasteiger partial charge on any atom is 0.359 e. The molecule has 0 saturated carbocycles. The summed E-state index contributed by atoms with van der Waals surface area (Å²) in [6, 6.07) is 14.2. The Balaban J connectivity index is 2.15. The summed E-state index contributed by atoms with van der Waals surface area (Å²) in [5.74, 6) is 0.425. The van der Waals surface area contributed by atoms with Crippen LogP contribution in [0.15, 0.2) is 48.5 Å². The molecule has 2 aromatic carbocycles. The van der Waals surface area contributed by atoms with E-state index in [0.29, 0.717) is 39.5 Å². The van der Waals surface area contributed by atoms with E-state index in [0.717, 1.165) is 13.0 Å². The van der Waals surface area contributed by atoms with Crippen LogP contribution in [-0.4, -0.2) is 28.9 Å². The number of carbonyl (C=O) groups excluding carboxylic acids is 1. The van der Waals surface area contributed by atoms with Crippen LogP contribution in [0, 0.1) is 0 Å². The maximum atomic E-state index is 12.6. The van der Waals surface area contributed by atoms with Crippen LogP contribution in [0.2, 0.25) is 10.0 Å². The minimum atomic E-state index is -0.516. The second-order valence-corrected chi connectivity index (χ2v) is 7.29. The molecule has 0 unspecified atom stereocenters. The lowest BCUT2D eigenvalue weighted by molar-refractivity contribution is 0.0517. The Labute approximate surface area is 185 Å². The summed E-state index contributed by atoms with van der Waals surface area (Å²) in [7, 11) is 0. The Kier molecular flexibility index (Phi) is 7.74.